The minimum Gasteiger partial charge on any atom is -0.423 e. The first-order valence-electron chi connectivity index (χ1n) is 13.8. The van der Waals surface area contributed by atoms with Crippen LogP contribution in [0.2, 0.25) is 0 Å². The van der Waals surface area contributed by atoms with E-state index >= 15 is 0 Å². The summed E-state index contributed by atoms with van der Waals surface area (Å²) in [7, 11) is 3.23. The third-order valence-corrected chi connectivity index (χ3v) is 8.63. The molecular formula is C31H36N5O4+. The Kier molecular flexibility index (Phi) is 7.74. The third kappa shape index (κ3) is 5.25. The number of pyridine rings is 3. The van der Waals surface area contributed by atoms with E-state index in [0.29, 0.717) is 32.5 Å². The number of rotatable bonds is 5. The number of amides is 2. The molecule has 40 heavy (non-hydrogen) atoms. The van der Waals surface area contributed by atoms with Crippen LogP contribution in [-0.2, 0) is 16.7 Å². The number of nitrogens with one attached hydrogen (secondary N) is 1. The lowest BCUT2D eigenvalue weighted by atomic mass is 9.76. The van der Waals surface area contributed by atoms with E-state index in [2.05, 4.69) is 21.1 Å². The molecule has 9 heteroatoms. The van der Waals surface area contributed by atoms with E-state index in [0.717, 1.165) is 42.7 Å². The summed E-state index contributed by atoms with van der Waals surface area (Å²) >= 11 is 0. The van der Waals surface area contributed by atoms with Gasteiger partial charge in [0.1, 0.15) is 5.56 Å². The molecule has 2 amide bonds. The fraction of sp³-hybridized carbons (Fsp3) is 0.419. The van der Waals surface area contributed by atoms with Crippen molar-refractivity contribution in [2.24, 2.45) is 0 Å². The van der Waals surface area contributed by atoms with Crippen molar-refractivity contribution in [2.45, 2.75) is 43.7 Å². The highest BCUT2D eigenvalue weighted by Crippen LogP contribution is 2.34. The van der Waals surface area contributed by atoms with Crippen molar-refractivity contribution in [1.29, 1.82) is 0 Å². The summed E-state index contributed by atoms with van der Waals surface area (Å²) in [6.07, 6.45) is 12.0. The Bertz CT molecular complexity index is 1490. The van der Waals surface area contributed by atoms with Crippen LogP contribution < -0.4 is 10.9 Å². The van der Waals surface area contributed by atoms with E-state index < -0.39 is 0 Å². The predicted octanol–water partition coefficient (Wildman–Crippen LogP) is 2.97. The van der Waals surface area contributed by atoms with Crippen molar-refractivity contribution >= 4 is 17.5 Å². The summed E-state index contributed by atoms with van der Waals surface area (Å²) in [6.45, 7) is 3.27. The van der Waals surface area contributed by atoms with Crippen LogP contribution in [0.4, 0.5) is 4.79 Å². The minimum atomic E-state index is -0.388. The number of aromatic nitrogens is 2. The molecule has 0 aliphatic carbocycles. The standard InChI is InChI=1S/C31H35N5O4/c1-4-31(27-10-5-7-15-32-27)13-17-34(18-14-31)22-23-21-25(29(38)35-16-8-6-9-26(23)35)28(37)33-24-11-19-36(2,20-12-24)30(39)40-3/h1,5-10,15-16,21,24H,11-14,17-20,22H2,2-3H3/p+1. The average molecular weight is 543 g/mol. The molecule has 2 aliphatic heterocycles. The van der Waals surface area contributed by atoms with Gasteiger partial charge in [-0.2, -0.15) is 4.79 Å². The highest BCUT2D eigenvalue weighted by atomic mass is 16.5. The van der Waals surface area contributed by atoms with Gasteiger partial charge in [0.2, 0.25) is 0 Å². The molecule has 0 aromatic carbocycles. The number of carbonyl (C=O) groups excluding carboxylic acids is 2. The van der Waals surface area contributed by atoms with Crippen LogP contribution in [0.25, 0.3) is 5.52 Å². The van der Waals surface area contributed by atoms with Crippen LogP contribution in [0.15, 0.2) is 59.7 Å². The number of methoxy groups -OCH3 is 1. The van der Waals surface area contributed by atoms with E-state index in [1.165, 1.54) is 7.11 Å². The van der Waals surface area contributed by atoms with Gasteiger partial charge in [-0.3, -0.25) is 23.9 Å². The molecule has 0 spiro atoms. The van der Waals surface area contributed by atoms with Crippen molar-refractivity contribution in [1.82, 2.24) is 19.6 Å². The lowest BCUT2D eigenvalue weighted by Crippen LogP contribution is -2.57. The maximum atomic E-state index is 13.4. The molecule has 9 nitrogen and oxygen atoms in total. The van der Waals surface area contributed by atoms with Crippen LogP contribution in [0.1, 0.15) is 47.3 Å². The number of hydrogen-bond acceptors (Lipinski definition) is 6. The van der Waals surface area contributed by atoms with Crippen LogP contribution in [-0.4, -0.2) is 77.1 Å². The molecule has 2 aliphatic rings. The number of carbonyl (C=O) groups is 2. The second kappa shape index (κ2) is 11.2. The van der Waals surface area contributed by atoms with Crippen molar-refractivity contribution in [3.63, 3.8) is 0 Å². The number of hydrogen-bond donors (Lipinski definition) is 1. The second-order valence-corrected chi connectivity index (χ2v) is 11.1. The van der Waals surface area contributed by atoms with E-state index in [9.17, 15) is 14.4 Å². The molecule has 3 aromatic heterocycles. The van der Waals surface area contributed by atoms with Gasteiger partial charge in [0.05, 0.1) is 43.9 Å². The topological polar surface area (TPSA) is 93.0 Å². The van der Waals surface area contributed by atoms with Crippen LogP contribution in [0.3, 0.4) is 0 Å². The first-order valence-corrected chi connectivity index (χ1v) is 13.8. The Balaban J connectivity index is 1.33. The summed E-state index contributed by atoms with van der Waals surface area (Å²) in [4.78, 5) is 45.7. The number of terminal acetylenes is 1. The van der Waals surface area contributed by atoms with E-state index in [-0.39, 0.29) is 39.1 Å². The summed E-state index contributed by atoms with van der Waals surface area (Å²) in [5, 5.41) is 3.05. The second-order valence-electron chi connectivity index (χ2n) is 11.1. The molecule has 3 aromatic rings. The summed E-state index contributed by atoms with van der Waals surface area (Å²) < 4.78 is 6.67. The fourth-order valence-corrected chi connectivity index (χ4v) is 6.01. The Hall–Kier alpha value is -4.00. The lowest BCUT2D eigenvalue weighted by molar-refractivity contribution is -0.843. The number of likely N-dealkylation sites (tertiary alicyclic amines) is 2. The van der Waals surface area contributed by atoms with Gasteiger partial charge >= 0.3 is 6.09 Å². The largest absolute Gasteiger partial charge is 0.515 e. The number of fused-ring (bicyclic) bond motifs is 1. The monoisotopic (exact) mass is 542 g/mol. The Morgan fingerprint density at radius 2 is 1.90 bits per heavy atom. The van der Waals surface area contributed by atoms with E-state index in [1.54, 1.807) is 28.9 Å². The number of piperidine rings is 2. The highest BCUT2D eigenvalue weighted by Gasteiger charge is 2.39. The van der Waals surface area contributed by atoms with Gasteiger partial charge in [-0.25, -0.2) is 4.48 Å². The van der Waals surface area contributed by atoms with Gasteiger partial charge in [0, 0.05) is 50.9 Å². The Morgan fingerprint density at radius 1 is 1.18 bits per heavy atom. The zero-order valence-corrected chi connectivity index (χ0v) is 23.1. The van der Waals surface area contributed by atoms with Gasteiger partial charge in [-0.05, 0) is 48.7 Å². The van der Waals surface area contributed by atoms with Crippen molar-refractivity contribution < 1.29 is 18.8 Å². The molecular weight excluding hydrogens is 506 g/mol. The van der Waals surface area contributed by atoms with E-state index in [4.69, 9.17) is 11.2 Å². The van der Waals surface area contributed by atoms with Crippen LogP contribution in [0, 0.1) is 12.3 Å². The molecule has 2 fully saturated rings. The molecule has 208 valence electrons. The molecule has 5 rings (SSSR count). The van der Waals surface area contributed by atoms with Crippen molar-refractivity contribution in [3.8, 4) is 12.3 Å². The Labute approximate surface area is 234 Å². The predicted molar refractivity (Wildman–Crippen MR) is 152 cm³/mol. The minimum absolute atomic E-state index is 0.117. The zero-order chi connectivity index (χ0) is 28.3. The lowest BCUT2D eigenvalue weighted by Gasteiger charge is -2.38. The first kappa shape index (κ1) is 27.6. The quantitative estimate of drug-likeness (QED) is 0.394. The van der Waals surface area contributed by atoms with Crippen molar-refractivity contribution in [2.75, 3.05) is 40.3 Å². The maximum absolute atomic E-state index is 13.4. The average Bonchev–Trinajstić information content (AvgIpc) is 3.00. The zero-order valence-electron chi connectivity index (χ0n) is 23.1. The number of nitrogens with zero attached hydrogens (tertiary/aromatic N) is 4. The first-order chi connectivity index (χ1) is 19.3. The molecule has 0 atom stereocenters. The van der Waals surface area contributed by atoms with Gasteiger partial charge in [0.15, 0.2) is 0 Å². The molecule has 2 saturated heterocycles. The number of quaternary nitrogens is 1. The normalized spacial score (nSPS) is 22.8. The molecule has 0 radical (unpaired) electrons. The molecule has 5 heterocycles. The summed E-state index contributed by atoms with van der Waals surface area (Å²) in [6, 6.07) is 13.1. The molecule has 1 N–H and O–H groups in total. The fourth-order valence-electron chi connectivity index (χ4n) is 6.01. The molecule has 0 saturated carbocycles. The smallest absolute Gasteiger partial charge is 0.423 e. The third-order valence-electron chi connectivity index (χ3n) is 8.63. The maximum Gasteiger partial charge on any atom is 0.515 e. The van der Waals surface area contributed by atoms with Gasteiger partial charge in [-0.1, -0.05) is 18.1 Å². The molecule has 0 bridgehead atoms. The van der Waals surface area contributed by atoms with Gasteiger partial charge in [0.25, 0.3) is 11.5 Å². The van der Waals surface area contributed by atoms with Gasteiger partial charge < -0.3 is 10.1 Å². The van der Waals surface area contributed by atoms with E-state index in [1.807, 2.05) is 37.4 Å². The Morgan fingerprint density at radius 3 is 2.55 bits per heavy atom. The summed E-state index contributed by atoms with van der Waals surface area (Å²) in [5.41, 5.74) is 2.02. The van der Waals surface area contributed by atoms with Crippen LogP contribution >= 0.6 is 0 Å². The van der Waals surface area contributed by atoms with Crippen molar-refractivity contribution in [3.05, 3.63) is 82.0 Å². The van der Waals surface area contributed by atoms with Gasteiger partial charge in [-0.15, -0.1) is 6.42 Å². The molecule has 0 unspecified atom stereocenters. The highest BCUT2D eigenvalue weighted by molar-refractivity contribution is 5.94. The van der Waals surface area contributed by atoms with Crippen LogP contribution in [0.5, 0.6) is 0 Å². The SMILES string of the molecule is C#CC1(c2ccccn2)CCN(Cc2cc(C(=O)NC3CC[N+](C)(C(=O)OC)CC3)c(=O)n3ccccc23)CC1. The number of ether oxygens (including phenoxy) is 1. The summed E-state index contributed by atoms with van der Waals surface area (Å²) in [5.74, 6) is 2.63.